The average Bonchev–Trinajstić information content (AvgIpc) is 3.17. The monoisotopic (exact) mass is 426 g/mol. The van der Waals surface area contributed by atoms with E-state index in [1.54, 1.807) is 30.5 Å². The molecule has 1 unspecified atom stereocenters. The number of rotatable bonds is 4. The van der Waals surface area contributed by atoms with E-state index in [0.717, 1.165) is 17.5 Å². The summed E-state index contributed by atoms with van der Waals surface area (Å²) in [7, 11) is -3.76. The fourth-order valence-electron chi connectivity index (χ4n) is 3.90. The zero-order valence-electron chi connectivity index (χ0n) is 17.4. The van der Waals surface area contributed by atoms with Crippen molar-refractivity contribution in [2.24, 2.45) is 0 Å². The molecule has 2 aromatic heterocycles. The summed E-state index contributed by atoms with van der Waals surface area (Å²) in [5.74, 6) is 0. The van der Waals surface area contributed by atoms with E-state index in [9.17, 15) is 13.2 Å². The van der Waals surface area contributed by atoms with Gasteiger partial charge >= 0.3 is 0 Å². The number of aromatic nitrogens is 3. The molecule has 158 valence electrons. The van der Waals surface area contributed by atoms with Crippen molar-refractivity contribution in [1.82, 2.24) is 19.1 Å². The van der Waals surface area contributed by atoms with E-state index in [-0.39, 0.29) is 28.5 Å². The summed E-state index contributed by atoms with van der Waals surface area (Å²) in [6.45, 7) is 6.75. The van der Waals surface area contributed by atoms with E-state index in [2.05, 4.69) is 10.1 Å². The third-order valence-corrected chi connectivity index (χ3v) is 7.51. The minimum atomic E-state index is -3.76. The molecule has 0 saturated carbocycles. The van der Waals surface area contributed by atoms with E-state index in [1.807, 2.05) is 32.9 Å². The van der Waals surface area contributed by atoms with Gasteiger partial charge in [0.15, 0.2) is 0 Å². The first-order valence-electron chi connectivity index (χ1n) is 10.1. The minimum Gasteiger partial charge on any atom is -0.268 e. The topological polar surface area (TPSA) is 85.2 Å². The number of benzene rings is 1. The molecule has 0 spiro atoms. The number of hydrogen-bond acceptors (Lipinski definition) is 5. The van der Waals surface area contributed by atoms with Crippen LogP contribution in [-0.4, -0.2) is 40.1 Å². The summed E-state index contributed by atoms with van der Waals surface area (Å²) >= 11 is 0. The Labute approximate surface area is 176 Å². The highest BCUT2D eigenvalue weighted by Gasteiger charge is 2.37. The van der Waals surface area contributed by atoms with E-state index in [1.165, 1.54) is 15.1 Å². The zero-order valence-corrected chi connectivity index (χ0v) is 18.3. The summed E-state index contributed by atoms with van der Waals surface area (Å²) in [5, 5.41) is 5.30. The van der Waals surface area contributed by atoms with Gasteiger partial charge in [0, 0.05) is 35.7 Å². The Kier molecular flexibility index (Phi) is 5.23. The van der Waals surface area contributed by atoms with Gasteiger partial charge in [-0.25, -0.2) is 13.1 Å². The van der Waals surface area contributed by atoms with Crippen LogP contribution >= 0.6 is 0 Å². The van der Waals surface area contributed by atoms with Gasteiger partial charge in [-0.05, 0) is 31.0 Å². The van der Waals surface area contributed by atoms with Gasteiger partial charge in [-0.1, -0.05) is 39.0 Å². The van der Waals surface area contributed by atoms with Gasteiger partial charge < -0.3 is 0 Å². The number of nitrogens with zero attached hydrogens (tertiary/aromatic N) is 4. The van der Waals surface area contributed by atoms with Crippen LogP contribution in [0, 0.1) is 0 Å². The van der Waals surface area contributed by atoms with Crippen molar-refractivity contribution < 1.29 is 8.42 Å². The van der Waals surface area contributed by atoms with Crippen molar-refractivity contribution in [3.05, 3.63) is 64.7 Å². The van der Waals surface area contributed by atoms with Crippen molar-refractivity contribution in [2.75, 3.05) is 6.54 Å². The van der Waals surface area contributed by atoms with Gasteiger partial charge in [-0.3, -0.25) is 9.78 Å². The predicted molar refractivity (Wildman–Crippen MR) is 116 cm³/mol. The van der Waals surface area contributed by atoms with Gasteiger partial charge in [0.05, 0.1) is 17.8 Å². The molecule has 8 heteroatoms. The molecule has 1 aliphatic rings. The van der Waals surface area contributed by atoms with Crippen LogP contribution in [0.2, 0.25) is 0 Å². The van der Waals surface area contributed by atoms with Crippen LogP contribution in [0.5, 0.6) is 0 Å². The molecular formula is C22H26N4O3S. The van der Waals surface area contributed by atoms with Crippen LogP contribution in [0.25, 0.3) is 10.9 Å². The van der Waals surface area contributed by atoms with E-state index in [0.29, 0.717) is 18.5 Å². The average molecular weight is 427 g/mol. The number of hydrogen-bond donors (Lipinski definition) is 0. The Balaban J connectivity index is 1.70. The third-order valence-electron chi connectivity index (χ3n) is 5.52. The molecule has 4 rings (SSSR count). The van der Waals surface area contributed by atoms with Crippen LogP contribution in [-0.2, 0) is 22.0 Å². The highest BCUT2D eigenvalue weighted by Crippen LogP contribution is 2.30. The smallest absolute Gasteiger partial charge is 0.266 e. The lowest BCUT2D eigenvalue weighted by molar-refractivity contribution is 0.331. The van der Waals surface area contributed by atoms with Gasteiger partial charge in [0.25, 0.3) is 5.56 Å². The molecule has 3 heterocycles. The molecule has 0 N–H and O–H groups in total. The summed E-state index contributed by atoms with van der Waals surface area (Å²) < 4.78 is 30.0. The molecule has 0 amide bonds. The van der Waals surface area contributed by atoms with Crippen LogP contribution in [0.1, 0.15) is 39.3 Å². The molecule has 1 atom stereocenters. The van der Waals surface area contributed by atoms with Crippen molar-refractivity contribution in [2.45, 2.75) is 56.5 Å². The van der Waals surface area contributed by atoms with Gasteiger partial charge in [-0.15, -0.1) is 0 Å². The first-order chi connectivity index (χ1) is 14.2. The molecule has 1 aromatic carbocycles. The number of pyridine rings is 1. The lowest BCUT2D eigenvalue weighted by Crippen LogP contribution is -2.41. The highest BCUT2D eigenvalue weighted by atomic mass is 32.2. The standard InChI is InChI=1S/C22H26N4O3S/c1-22(2,3)19-11-12-20(27)25(24-19)15-17-9-6-14-26(17)30(28,29)18-10-4-7-16-8-5-13-23-21(16)18/h4-5,7-8,10-13,17H,6,9,14-15H2,1-3H3. The third kappa shape index (κ3) is 3.77. The van der Waals surface area contributed by atoms with Crippen LogP contribution in [0.15, 0.2) is 58.4 Å². The minimum absolute atomic E-state index is 0.203. The molecule has 1 aliphatic heterocycles. The molecular weight excluding hydrogens is 400 g/mol. The van der Waals surface area contributed by atoms with E-state index in [4.69, 9.17) is 0 Å². The summed E-state index contributed by atoms with van der Waals surface area (Å²) in [6.07, 6.45) is 3.03. The first-order valence-corrected chi connectivity index (χ1v) is 11.6. The molecule has 0 bridgehead atoms. The Morgan fingerprint density at radius 2 is 1.87 bits per heavy atom. The van der Waals surface area contributed by atoms with E-state index >= 15 is 0 Å². The van der Waals surface area contributed by atoms with Crippen LogP contribution in [0.4, 0.5) is 0 Å². The van der Waals surface area contributed by atoms with Crippen molar-refractivity contribution in [1.29, 1.82) is 0 Å². The largest absolute Gasteiger partial charge is 0.268 e. The quantitative estimate of drug-likeness (QED) is 0.640. The number of fused-ring (bicyclic) bond motifs is 1. The van der Waals surface area contributed by atoms with Gasteiger partial charge in [0.1, 0.15) is 4.90 Å². The summed E-state index contributed by atoms with van der Waals surface area (Å²) in [5.41, 5.74) is 0.841. The first kappa shape index (κ1) is 20.7. The maximum absolute atomic E-state index is 13.5. The van der Waals surface area contributed by atoms with Crippen molar-refractivity contribution >= 4 is 20.9 Å². The molecule has 0 radical (unpaired) electrons. The molecule has 0 aliphatic carbocycles. The molecule has 7 nitrogen and oxygen atoms in total. The SMILES string of the molecule is CC(C)(C)c1ccc(=O)n(CC2CCCN2S(=O)(=O)c2cccc3cccnc23)n1. The second-order valence-electron chi connectivity index (χ2n) is 8.73. The fraction of sp³-hybridized carbons (Fsp3) is 0.409. The van der Waals surface area contributed by atoms with Gasteiger partial charge in [-0.2, -0.15) is 9.40 Å². The maximum atomic E-state index is 13.5. The number of para-hydroxylation sites is 1. The van der Waals surface area contributed by atoms with Crippen molar-refractivity contribution in [3.8, 4) is 0 Å². The second kappa shape index (κ2) is 7.59. The van der Waals surface area contributed by atoms with Crippen molar-refractivity contribution in [3.63, 3.8) is 0 Å². The van der Waals surface area contributed by atoms with Crippen LogP contribution in [0.3, 0.4) is 0 Å². The normalized spacial score (nSPS) is 18.2. The Bertz CT molecular complexity index is 1240. The summed E-state index contributed by atoms with van der Waals surface area (Å²) in [6, 6.07) is 11.8. The van der Waals surface area contributed by atoms with Crippen LogP contribution < -0.4 is 5.56 Å². The highest BCUT2D eigenvalue weighted by molar-refractivity contribution is 7.89. The Hall–Kier alpha value is -2.58. The van der Waals surface area contributed by atoms with E-state index < -0.39 is 10.0 Å². The lowest BCUT2D eigenvalue weighted by atomic mass is 9.92. The molecule has 1 fully saturated rings. The molecule has 30 heavy (non-hydrogen) atoms. The molecule has 1 saturated heterocycles. The Morgan fingerprint density at radius 3 is 2.63 bits per heavy atom. The predicted octanol–water partition coefficient (Wildman–Crippen LogP) is 2.94. The second-order valence-corrected chi connectivity index (χ2v) is 10.6. The number of sulfonamides is 1. The zero-order chi connectivity index (χ0) is 21.5. The maximum Gasteiger partial charge on any atom is 0.266 e. The molecule has 3 aromatic rings. The lowest BCUT2D eigenvalue weighted by Gasteiger charge is -2.25. The Morgan fingerprint density at radius 1 is 1.10 bits per heavy atom. The fourth-order valence-corrected chi connectivity index (χ4v) is 5.75. The van der Waals surface area contributed by atoms with Gasteiger partial charge in [0.2, 0.25) is 10.0 Å². The summed E-state index contributed by atoms with van der Waals surface area (Å²) in [4.78, 5) is 16.9.